The van der Waals surface area contributed by atoms with E-state index in [0.717, 1.165) is 6.42 Å². The zero-order valence-corrected chi connectivity index (χ0v) is 6.46. The van der Waals surface area contributed by atoms with Crippen molar-refractivity contribution < 1.29 is 0 Å². The van der Waals surface area contributed by atoms with Gasteiger partial charge in [0.05, 0.1) is 0 Å². The van der Waals surface area contributed by atoms with E-state index < -0.39 is 0 Å². The molecule has 0 aromatic heterocycles. The molecule has 0 aliphatic heterocycles. The van der Waals surface area contributed by atoms with E-state index in [1.165, 1.54) is 0 Å². The minimum Gasteiger partial charge on any atom is -0.290 e. The van der Waals surface area contributed by atoms with Gasteiger partial charge in [-0.1, -0.05) is 13.0 Å². The highest BCUT2D eigenvalue weighted by atomic mass is 14.7. The minimum absolute atomic E-state index is 0.423. The van der Waals surface area contributed by atoms with Crippen LogP contribution in [0.2, 0.25) is 0 Å². The monoisotopic (exact) mass is 125 g/mol. The molecule has 1 nitrogen and oxygen atoms in total. The minimum atomic E-state index is 0.423. The second-order valence-electron chi connectivity index (χ2n) is 2.23. The first-order chi connectivity index (χ1) is 4.27. The van der Waals surface area contributed by atoms with Gasteiger partial charge in [-0.15, -0.1) is 0 Å². The standard InChI is InChI=1S/C8H15N/c1-4-5-6-7-9-8(2)3/h5-8H,4H2,1-3H3/b6-5-,9-7?. The van der Waals surface area contributed by atoms with E-state index in [-0.39, 0.29) is 0 Å². The zero-order valence-electron chi connectivity index (χ0n) is 6.46. The summed E-state index contributed by atoms with van der Waals surface area (Å²) in [4.78, 5) is 4.15. The van der Waals surface area contributed by atoms with Crippen LogP contribution in [0.3, 0.4) is 0 Å². The summed E-state index contributed by atoms with van der Waals surface area (Å²) in [5, 5.41) is 0. The van der Waals surface area contributed by atoms with Crippen LogP contribution in [-0.2, 0) is 0 Å². The maximum absolute atomic E-state index is 4.15. The van der Waals surface area contributed by atoms with Crippen molar-refractivity contribution in [3.8, 4) is 0 Å². The van der Waals surface area contributed by atoms with Crippen LogP contribution in [0.15, 0.2) is 17.1 Å². The van der Waals surface area contributed by atoms with Crippen LogP contribution in [0.4, 0.5) is 0 Å². The highest BCUT2D eigenvalue weighted by Crippen LogP contribution is 1.83. The molecule has 0 bridgehead atoms. The molecule has 0 amide bonds. The molecular weight excluding hydrogens is 110 g/mol. The number of nitrogens with zero attached hydrogens (tertiary/aromatic N) is 1. The first-order valence-corrected chi connectivity index (χ1v) is 3.45. The molecule has 0 heterocycles. The Morgan fingerprint density at radius 1 is 1.44 bits per heavy atom. The van der Waals surface area contributed by atoms with E-state index in [1.807, 2.05) is 12.3 Å². The molecular formula is C8H15N. The SMILES string of the molecule is CC/C=C\C=NC(C)C. The maximum Gasteiger partial charge on any atom is 0.0443 e. The van der Waals surface area contributed by atoms with Gasteiger partial charge in [0.2, 0.25) is 0 Å². The third kappa shape index (κ3) is 7.41. The predicted octanol–water partition coefficient (Wildman–Crippen LogP) is 2.43. The first kappa shape index (κ1) is 8.41. The topological polar surface area (TPSA) is 12.4 Å². The molecule has 0 spiro atoms. The Balaban J connectivity index is 3.35. The molecule has 0 aliphatic carbocycles. The van der Waals surface area contributed by atoms with Gasteiger partial charge in [0, 0.05) is 12.3 Å². The summed E-state index contributed by atoms with van der Waals surface area (Å²) in [6.07, 6.45) is 7.02. The van der Waals surface area contributed by atoms with Crippen LogP contribution in [0.1, 0.15) is 27.2 Å². The molecule has 0 unspecified atom stereocenters. The van der Waals surface area contributed by atoms with Crippen molar-refractivity contribution >= 4 is 6.21 Å². The normalized spacial score (nSPS) is 12.4. The molecule has 0 saturated carbocycles. The molecule has 9 heavy (non-hydrogen) atoms. The van der Waals surface area contributed by atoms with Crippen molar-refractivity contribution in [2.24, 2.45) is 4.99 Å². The zero-order chi connectivity index (χ0) is 7.11. The maximum atomic E-state index is 4.15. The summed E-state index contributed by atoms with van der Waals surface area (Å²) < 4.78 is 0. The van der Waals surface area contributed by atoms with Crippen molar-refractivity contribution in [2.75, 3.05) is 0 Å². The first-order valence-electron chi connectivity index (χ1n) is 3.45. The van der Waals surface area contributed by atoms with Gasteiger partial charge in [-0.05, 0) is 26.3 Å². The van der Waals surface area contributed by atoms with Gasteiger partial charge in [-0.25, -0.2) is 0 Å². The molecule has 0 aliphatic rings. The van der Waals surface area contributed by atoms with Gasteiger partial charge in [0.1, 0.15) is 0 Å². The van der Waals surface area contributed by atoms with Gasteiger partial charge in [0.15, 0.2) is 0 Å². The molecule has 0 radical (unpaired) electrons. The lowest BCUT2D eigenvalue weighted by molar-refractivity contribution is 0.841. The lowest BCUT2D eigenvalue weighted by Gasteiger charge is -1.89. The van der Waals surface area contributed by atoms with Gasteiger partial charge >= 0.3 is 0 Å². The summed E-state index contributed by atoms with van der Waals surface area (Å²) in [7, 11) is 0. The Labute approximate surface area is 57.5 Å². The fourth-order valence-corrected chi connectivity index (χ4v) is 0.419. The van der Waals surface area contributed by atoms with E-state index in [9.17, 15) is 0 Å². The van der Waals surface area contributed by atoms with Crippen molar-refractivity contribution in [2.45, 2.75) is 33.2 Å². The molecule has 0 aromatic carbocycles. The fraction of sp³-hybridized carbons (Fsp3) is 0.625. The number of hydrogen-bond donors (Lipinski definition) is 0. The number of rotatable bonds is 3. The van der Waals surface area contributed by atoms with Gasteiger partial charge in [-0.2, -0.15) is 0 Å². The Kier molecular flexibility index (Phi) is 5.18. The molecule has 0 atom stereocenters. The average molecular weight is 125 g/mol. The number of allylic oxidation sites excluding steroid dienone is 2. The van der Waals surface area contributed by atoms with E-state index in [2.05, 4.69) is 31.8 Å². The van der Waals surface area contributed by atoms with Gasteiger partial charge in [-0.3, -0.25) is 4.99 Å². The third-order valence-corrected chi connectivity index (χ3v) is 0.842. The fourth-order valence-electron chi connectivity index (χ4n) is 0.419. The van der Waals surface area contributed by atoms with Crippen LogP contribution in [0.25, 0.3) is 0 Å². The lowest BCUT2D eigenvalue weighted by Crippen LogP contribution is -1.86. The summed E-state index contributed by atoms with van der Waals surface area (Å²) in [5.41, 5.74) is 0. The lowest BCUT2D eigenvalue weighted by atomic mass is 10.4. The number of aliphatic imine (C=N–C) groups is 1. The van der Waals surface area contributed by atoms with Gasteiger partial charge < -0.3 is 0 Å². The van der Waals surface area contributed by atoms with E-state index >= 15 is 0 Å². The van der Waals surface area contributed by atoms with Gasteiger partial charge in [0.25, 0.3) is 0 Å². The number of hydrogen-bond acceptors (Lipinski definition) is 1. The van der Waals surface area contributed by atoms with Crippen LogP contribution in [0.5, 0.6) is 0 Å². The van der Waals surface area contributed by atoms with Crippen LogP contribution < -0.4 is 0 Å². The summed E-state index contributed by atoms with van der Waals surface area (Å²) in [6, 6.07) is 0.423. The van der Waals surface area contributed by atoms with E-state index in [1.54, 1.807) is 0 Å². The van der Waals surface area contributed by atoms with Crippen molar-refractivity contribution in [1.82, 2.24) is 0 Å². The van der Waals surface area contributed by atoms with Crippen LogP contribution >= 0.6 is 0 Å². The molecule has 52 valence electrons. The Hall–Kier alpha value is -0.590. The van der Waals surface area contributed by atoms with Crippen molar-refractivity contribution in [3.05, 3.63) is 12.2 Å². The highest BCUT2D eigenvalue weighted by Gasteiger charge is 1.78. The molecule has 0 fully saturated rings. The smallest absolute Gasteiger partial charge is 0.0443 e. The molecule has 1 heteroatoms. The Bertz CT molecular complexity index is 101. The summed E-state index contributed by atoms with van der Waals surface area (Å²) in [6.45, 7) is 6.24. The second kappa shape index (κ2) is 5.54. The highest BCUT2D eigenvalue weighted by molar-refractivity contribution is 5.70. The van der Waals surface area contributed by atoms with Crippen molar-refractivity contribution in [3.63, 3.8) is 0 Å². The summed E-state index contributed by atoms with van der Waals surface area (Å²) >= 11 is 0. The van der Waals surface area contributed by atoms with E-state index in [4.69, 9.17) is 0 Å². The summed E-state index contributed by atoms with van der Waals surface area (Å²) in [5.74, 6) is 0. The molecule has 0 N–H and O–H groups in total. The second-order valence-corrected chi connectivity index (χ2v) is 2.23. The molecule has 0 aromatic rings. The predicted molar refractivity (Wildman–Crippen MR) is 43.1 cm³/mol. The Morgan fingerprint density at radius 3 is 2.56 bits per heavy atom. The Morgan fingerprint density at radius 2 is 2.11 bits per heavy atom. The van der Waals surface area contributed by atoms with Crippen LogP contribution in [0, 0.1) is 0 Å². The van der Waals surface area contributed by atoms with Crippen molar-refractivity contribution in [1.29, 1.82) is 0 Å². The average Bonchev–Trinajstić information content (AvgIpc) is 1.80. The molecule has 0 rings (SSSR count). The molecule has 0 saturated heterocycles. The van der Waals surface area contributed by atoms with Crippen LogP contribution in [-0.4, -0.2) is 12.3 Å². The third-order valence-electron chi connectivity index (χ3n) is 0.842. The van der Waals surface area contributed by atoms with E-state index in [0.29, 0.717) is 6.04 Å². The quantitative estimate of drug-likeness (QED) is 0.514. The largest absolute Gasteiger partial charge is 0.290 e.